The zero-order valence-electron chi connectivity index (χ0n) is 9.83. The van der Waals surface area contributed by atoms with Gasteiger partial charge >= 0.3 is 0 Å². The monoisotopic (exact) mass is 258 g/mol. The van der Waals surface area contributed by atoms with Crippen molar-refractivity contribution >= 4 is 23.0 Å². The molecule has 0 heterocycles. The van der Waals surface area contributed by atoms with Crippen LogP contribution in [0, 0.1) is 17.0 Å². The molecule has 0 unspecified atom stereocenters. The van der Waals surface area contributed by atoms with Gasteiger partial charge in [0.05, 0.1) is 4.92 Å². The molecule has 5 nitrogen and oxygen atoms in total. The third-order valence-electron chi connectivity index (χ3n) is 2.33. The highest BCUT2D eigenvalue weighted by molar-refractivity contribution is 6.33. The number of anilines is 1. The van der Waals surface area contributed by atoms with Gasteiger partial charge in [-0.3, -0.25) is 10.1 Å². The van der Waals surface area contributed by atoms with Gasteiger partial charge in [-0.2, -0.15) is 0 Å². The number of aryl methyl sites for hydroxylation is 1. The predicted molar refractivity (Wildman–Crippen MR) is 67.8 cm³/mol. The summed E-state index contributed by atoms with van der Waals surface area (Å²) in [6, 6.07) is 3.06. The van der Waals surface area contributed by atoms with E-state index >= 15 is 0 Å². The first-order valence-electron chi connectivity index (χ1n) is 5.23. The van der Waals surface area contributed by atoms with E-state index in [0.717, 1.165) is 24.2 Å². The SMILES string of the molecule is COCCCNc1cc(Cl)c([N+](=O)[O-])cc1C. The van der Waals surface area contributed by atoms with Gasteiger partial charge in [0, 0.05) is 32.0 Å². The van der Waals surface area contributed by atoms with Crippen molar-refractivity contribution < 1.29 is 9.66 Å². The number of methoxy groups -OCH3 is 1. The quantitative estimate of drug-likeness (QED) is 0.484. The van der Waals surface area contributed by atoms with E-state index in [-0.39, 0.29) is 10.7 Å². The molecule has 0 fully saturated rings. The minimum atomic E-state index is -0.482. The van der Waals surface area contributed by atoms with E-state index in [0.29, 0.717) is 6.61 Å². The number of hydrogen-bond acceptors (Lipinski definition) is 4. The predicted octanol–water partition coefficient (Wildman–Crippen LogP) is 3.01. The molecule has 0 saturated carbocycles. The van der Waals surface area contributed by atoms with Gasteiger partial charge in [0.1, 0.15) is 5.02 Å². The first kappa shape index (κ1) is 13.7. The summed E-state index contributed by atoms with van der Waals surface area (Å²) in [6.45, 7) is 3.22. The van der Waals surface area contributed by atoms with Crippen LogP contribution in [0.15, 0.2) is 12.1 Å². The van der Waals surface area contributed by atoms with E-state index in [1.54, 1.807) is 13.2 Å². The van der Waals surface area contributed by atoms with Gasteiger partial charge in [-0.15, -0.1) is 0 Å². The Morgan fingerprint density at radius 1 is 1.53 bits per heavy atom. The Morgan fingerprint density at radius 3 is 2.82 bits per heavy atom. The number of nitro groups is 1. The Labute approximate surface area is 105 Å². The number of nitrogens with one attached hydrogen (secondary N) is 1. The minimum absolute atomic E-state index is 0.0633. The third-order valence-corrected chi connectivity index (χ3v) is 2.63. The Kier molecular flexibility index (Phi) is 5.18. The Morgan fingerprint density at radius 2 is 2.24 bits per heavy atom. The van der Waals surface area contributed by atoms with Crippen molar-refractivity contribution in [2.75, 3.05) is 25.6 Å². The third kappa shape index (κ3) is 3.87. The number of nitro benzene ring substituents is 1. The molecule has 94 valence electrons. The number of rotatable bonds is 6. The van der Waals surface area contributed by atoms with Gasteiger partial charge < -0.3 is 10.1 Å². The molecule has 0 amide bonds. The van der Waals surface area contributed by atoms with Crippen LogP contribution in [0.25, 0.3) is 0 Å². The highest BCUT2D eigenvalue weighted by atomic mass is 35.5. The van der Waals surface area contributed by atoms with Crippen LogP contribution in [0.5, 0.6) is 0 Å². The van der Waals surface area contributed by atoms with Crippen LogP contribution in [0.2, 0.25) is 5.02 Å². The van der Waals surface area contributed by atoms with Gasteiger partial charge in [-0.25, -0.2) is 0 Å². The maximum absolute atomic E-state index is 10.7. The molecule has 0 aliphatic rings. The average Bonchev–Trinajstić information content (AvgIpc) is 2.28. The molecule has 1 aromatic rings. The maximum Gasteiger partial charge on any atom is 0.288 e. The fourth-order valence-electron chi connectivity index (χ4n) is 1.44. The summed E-state index contributed by atoms with van der Waals surface area (Å²) in [7, 11) is 1.65. The van der Waals surface area contributed by atoms with E-state index in [1.807, 2.05) is 6.92 Å². The second kappa shape index (κ2) is 6.42. The summed E-state index contributed by atoms with van der Waals surface area (Å²) in [4.78, 5) is 10.2. The molecule has 17 heavy (non-hydrogen) atoms. The highest BCUT2D eigenvalue weighted by Gasteiger charge is 2.14. The van der Waals surface area contributed by atoms with Crippen molar-refractivity contribution in [3.05, 3.63) is 32.8 Å². The van der Waals surface area contributed by atoms with Crippen LogP contribution >= 0.6 is 11.6 Å². The molecule has 0 aliphatic carbocycles. The number of nitrogens with zero attached hydrogens (tertiary/aromatic N) is 1. The van der Waals surface area contributed by atoms with Crippen LogP contribution in [0.3, 0.4) is 0 Å². The summed E-state index contributed by atoms with van der Waals surface area (Å²) < 4.78 is 4.93. The summed E-state index contributed by atoms with van der Waals surface area (Å²) >= 11 is 5.83. The Hall–Kier alpha value is -1.33. The smallest absolute Gasteiger partial charge is 0.288 e. The van der Waals surface area contributed by atoms with Gasteiger partial charge in [0.2, 0.25) is 0 Å². The summed E-state index contributed by atoms with van der Waals surface area (Å²) in [5, 5.41) is 14.0. The lowest BCUT2D eigenvalue weighted by molar-refractivity contribution is -0.384. The Balaban J connectivity index is 2.74. The lowest BCUT2D eigenvalue weighted by Crippen LogP contribution is -2.06. The molecule has 0 aliphatic heterocycles. The standard InChI is InChI=1S/C11H15ClN2O3/c1-8-6-11(14(15)16)9(12)7-10(8)13-4-3-5-17-2/h6-7,13H,3-5H2,1-2H3. The molecule has 0 aromatic heterocycles. The largest absolute Gasteiger partial charge is 0.385 e. The maximum atomic E-state index is 10.7. The number of ether oxygens (including phenoxy) is 1. The second-order valence-corrected chi connectivity index (χ2v) is 4.06. The zero-order valence-corrected chi connectivity index (χ0v) is 10.6. The van der Waals surface area contributed by atoms with E-state index in [1.165, 1.54) is 6.07 Å². The summed E-state index contributed by atoms with van der Waals surface area (Å²) in [5.74, 6) is 0. The first-order chi connectivity index (χ1) is 8.06. The van der Waals surface area contributed by atoms with Crippen molar-refractivity contribution in [1.29, 1.82) is 0 Å². The van der Waals surface area contributed by atoms with E-state index in [2.05, 4.69) is 5.32 Å². The topological polar surface area (TPSA) is 64.4 Å². The van der Waals surface area contributed by atoms with Crippen molar-refractivity contribution in [3.63, 3.8) is 0 Å². The lowest BCUT2D eigenvalue weighted by atomic mass is 10.1. The van der Waals surface area contributed by atoms with Crippen molar-refractivity contribution in [2.45, 2.75) is 13.3 Å². The van der Waals surface area contributed by atoms with Gasteiger partial charge in [0.15, 0.2) is 0 Å². The van der Waals surface area contributed by atoms with Crippen molar-refractivity contribution in [2.24, 2.45) is 0 Å². The van der Waals surface area contributed by atoms with Crippen molar-refractivity contribution in [3.8, 4) is 0 Å². The van der Waals surface area contributed by atoms with Gasteiger partial charge in [-0.1, -0.05) is 11.6 Å². The molecule has 0 spiro atoms. The lowest BCUT2D eigenvalue weighted by Gasteiger charge is -2.09. The number of hydrogen-bond donors (Lipinski definition) is 1. The minimum Gasteiger partial charge on any atom is -0.385 e. The zero-order chi connectivity index (χ0) is 12.8. The van der Waals surface area contributed by atoms with Crippen LogP contribution in [-0.4, -0.2) is 25.2 Å². The first-order valence-corrected chi connectivity index (χ1v) is 5.61. The van der Waals surface area contributed by atoms with Crippen molar-refractivity contribution in [1.82, 2.24) is 0 Å². The van der Waals surface area contributed by atoms with E-state index < -0.39 is 4.92 Å². The molecule has 1 aromatic carbocycles. The second-order valence-electron chi connectivity index (χ2n) is 3.65. The summed E-state index contributed by atoms with van der Waals surface area (Å²) in [5.41, 5.74) is 1.56. The average molecular weight is 259 g/mol. The van der Waals surface area contributed by atoms with Gasteiger partial charge in [0.25, 0.3) is 5.69 Å². The molecule has 0 atom stereocenters. The van der Waals surface area contributed by atoms with Crippen LogP contribution in [0.1, 0.15) is 12.0 Å². The fourth-order valence-corrected chi connectivity index (χ4v) is 1.67. The molecule has 1 N–H and O–H groups in total. The molecule has 1 rings (SSSR count). The fraction of sp³-hybridized carbons (Fsp3) is 0.455. The van der Waals surface area contributed by atoms with E-state index in [4.69, 9.17) is 16.3 Å². The van der Waals surface area contributed by atoms with Crippen LogP contribution in [0.4, 0.5) is 11.4 Å². The molecular weight excluding hydrogens is 244 g/mol. The molecule has 0 bridgehead atoms. The van der Waals surface area contributed by atoms with Gasteiger partial charge in [-0.05, 0) is 25.0 Å². The molecule has 0 saturated heterocycles. The molecular formula is C11H15ClN2O3. The Bertz CT molecular complexity index is 410. The molecule has 0 radical (unpaired) electrons. The van der Waals surface area contributed by atoms with E-state index in [9.17, 15) is 10.1 Å². The number of benzene rings is 1. The normalized spacial score (nSPS) is 10.3. The van der Waals surface area contributed by atoms with Crippen LogP contribution in [-0.2, 0) is 4.74 Å². The molecule has 6 heteroatoms. The highest BCUT2D eigenvalue weighted by Crippen LogP contribution is 2.30. The summed E-state index contributed by atoms with van der Waals surface area (Å²) in [6.07, 6.45) is 0.866. The number of halogens is 1. The van der Waals surface area contributed by atoms with Crippen LogP contribution < -0.4 is 5.32 Å².